The highest BCUT2D eigenvalue weighted by atomic mass is 16.5. The van der Waals surface area contributed by atoms with Crippen LogP contribution in [0.3, 0.4) is 0 Å². The normalized spacial score (nSPS) is 22.3. The van der Waals surface area contributed by atoms with Crippen LogP contribution < -0.4 is 0 Å². The number of hydrogen-bond donors (Lipinski definition) is 0. The Labute approximate surface area is 142 Å². The van der Waals surface area contributed by atoms with Gasteiger partial charge in [0.15, 0.2) is 0 Å². The molecule has 1 amide bonds. The maximum absolute atomic E-state index is 12.8. The van der Waals surface area contributed by atoms with E-state index in [1.54, 1.807) is 21.7 Å². The molecule has 6 nitrogen and oxygen atoms in total. The van der Waals surface area contributed by atoms with Crippen LogP contribution in [0.1, 0.15) is 50.5 Å². The summed E-state index contributed by atoms with van der Waals surface area (Å²) in [5.41, 5.74) is 0.387. The van der Waals surface area contributed by atoms with Gasteiger partial charge in [0.25, 0.3) is 5.91 Å². The van der Waals surface area contributed by atoms with Crippen molar-refractivity contribution in [2.75, 3.05) is 13.7 Å². The average Bonchev–Trinajstić information content (AvgIpc) is 3.00. The highest BCUT2D eigenvalue weighted by Gasteiger charge is 2.52. The molecule has 1 fully saturated rings. The maximum Gasteiger partial charge on any atom is 0.274 e. The summed E-state index contributed by atoms with van der Waals surface area (Å²) in [6.07, 6.45) is 8.57. The first-order chi connectivity index (χ1) is 11.4. The molecule has 2 aromatic rings. The van der Waals surface area contributed by atoms with Gasteiger partial charge < -0.3 is 9.64 Å². The van der Waals surface area contributed by atoms with Crippen LogP contribution in [0.5, 0.6) is 0 Å². The summed E-state index contributed by atoms with van der Waals surface area (Å²) < 4.78 is 7.75. The molecule has 0 N–H and O–H groups in total. The van der Waals surface area contributed by atoms with Crippen LogP contribution in [-0.2, 0) is 4.74 Å². The lowest BCUT2D eigenvalue weighted by Gasteiger charge is -2.54. The first-order valence-corrected chi connectivity index (χ1v) is 8.63. The van der Waals surface area contributed by atoms with Crippen LogP contribution in [0.15, 0.2) is 24.7 Å². The Bertz CT molecular complexity index is 692. The monoisotopic (exact) mass is 330 g/mol. The van der Waals surface area contributed by atoms with E-state index in [-0.39, 0.29) is 23.5 Å². The van der Waals surface area contributed by atoms with Gasteiger partial charge in [0.2, 0.25) is 5.78 Å². The molecular weight excluding hydrogens is 304 g/mol. The largest absolute Gasteiger partial charge is 0.378 e. The van der Waals surface area contributed by atoms with Crippen molar-refractivity contribution in [1.82, 2.24) is 19.3 Å². The van der Waals surface area contributed by atoms with E-state index in [1.165, 1.54) is 0 Å². The van der Waals surface area contributed by atoms with Gasteiger partial charge in [-0.2, -0.15) is 0 Å². The van der Waals surface area contributed by atoms with Crippen molar-refractivity contribution in [2.24, 2.45) is 5.41 Å². The number of fused-ring (bicyclic) bond motifs is 1. The minimum atomic E-state index is -0.0643. The highest BCUT2D eigenvalue weighted by molar-refractivity contribution is 5.93. The predicted octanol–water partition coefficient (Wildman–Crippen LogP) is 2.79. The Morgan fingerprint density at radius 1 is 1.50 bits per heavy atom. The van der Waals surface area contributed by atoms with Crippen LogP contribution in [0, 0.1) is 5.41 Å². The molecule has 1 saturated carbocycles. The summed E-state index contributed by atoms with van der Waals surface area (Å²) in [7, 11) is 1.86. The number of rotatable bonds is 6. The Kier molecular flexibility index (Phi) is 4.58. The molecule has 24 heavy (non-hydrogen) atoms. The number of nitrogens with zero attached hydrogens (tertiary/aromatic N) is 4. The molecule has 2 aromatic heterocycles. The number of imidazole rings is 1. The smallest absolute Gasteiger partial charge is 0.274 e. The minimum absolute atomic E-state index is 0.0461. The van der Waals surface area contributed by atoms with Gasteiger partial charge in [-0.3, -0.25) is 9.20 Å². The van der Waals surface area contributed by atoms with Crippen molar-refractivity contribution in [3.8, 4) is 0 Å². The fraction of sp³-hybridized carbons (Fsp3) is 0.611. The lowest BCUT2D eigenvalue weighted by molar-refractivity contribution is -0.140. The Balaban J connectivity index is 1.68. The Morgan fingerprint density at radius 3 is 2.96 bits per heavy atom. The first kappa shape index (κ1) is 16.9. The third-order valence-corrected chi connectivity index (χ3v) is 5.19. The van der Waals surface area contributed by atoms with Gasteiger partial charge in [-0.15, -0.1) is 0 Å². The lowest BCUT2D eigenvalue weighted by Crippen LogP contribution is -2.62. The van der Waals surface area contributed by atoms with Crippen LogP contribution in [0.2, 0.25) is 0 Å². The number of aromatic nitrogens is 3. The summed E-state index contributed by atoms with van der Waals surface area (Å²) >= 11 is 0. The van der Waals surface area contributed by atoms with Crippen molar-refractivity contribution in [3.05, 3.63) is 30.4 Å². The van der Waals surface area contributed by atoms with E-state index in [9.17, 15) is 4.79 Å². The van der Waals surface area contributed by atoms with E-state index in [0.717, 1.165) is 25.9 Å². The summed E-state index contributed by atoms with van der Waals surface area (Å²) in [6, 6.07) is 1.98. The molecule has 1 aliphatic carbocycles. The van der Waals surface area contributed by atoms with E-state index in [4.69, 9.17) is 4.74 Å². The second kappa shape index (κ2) is 6.51. The zero-order valence-electron chi connectivity index (χ0n) is 14.9. The highest BCUT2D eigenvalue weighted by Crippen LogP contribution is 2.45. The quantitative estimate of drug-likeness (QED) is 0.764. The lowest BCUT2D eigenvalue weighted by atomic mass is 9.63. The molecule has 6 heteroatoms. The van der Waals surface area contributed by atoms with E-state index < -0.39 is 0 Å². The topological polar surface area (TPSA) is 59.7 Å². The molecule has 0 aliphatic heterocycles. The summed E-state index contributed by atoms with van der Waals surface area (Å²) in [5.74, 6) is 0.480. The van der Waals surface area contributed by atoms with Gasteiger partial charge in [-0.05, 0) is 18.9 Å². The van der Waals surface area contributed by atoms with Crippen LogP contribution in [-0.4, -0.2) is 51.0 Å². The first-order valence-electron chi connectivity index (χ1n) is 8.63. The molecule has 2 heterocycles. The standard InChI is InChI=1S/C18H26N4O2/c1-5-6-10-24-15-11-14(18(15,2)3)21(4)16(23)13-12-22-9-7-8-19-17(22)20-13/h7-9,12,14-15H,5-6,10-11H2,1-4H3/t14-,15+/m0/s1. The van der Waals surface area contributed by atoms with Gasteiger partial charge >= 0.3 is 0 Å². The number of carbonyl (C=O) groups excluding carboxylic acids is 1. The van der Waals surface area contributed by atoms with E-state index in [1.807, 2.05) is 19.3 Å². The number of ether oxygens (including phenoxy) is 1. The fourth-order valence-corrected chi connectivity index (χ4v) is 3.43. The fourth-order valence-electron chi connectivity index (χ4n) is 3.43. The number of amides is 1. The Hall–Kier alpha value is -1.95. The molecular formula is C18H26N4O2. The summed E-state index contributed by atoms with van der Waals surface area (Å²) in [5, 5.41) is 0. The van der Waals surface area contributed by atoms with Gasteiger partial charge in [0.05, 0.1) is 6.10 Å². The molecule has 1 aliphatic rings. The van der Waals surface area contributed by atoms with E-state index in [2.05, 4.69) is 30.7 Å². The van der Waals surface area contributed by atoms with Crippen LogP contribution >= 0.6 is 0 Å². The van der Waals surface area contributed by atoms with Gasteiger partial charge in [-0.1, -0.05) is 27.2 Å². The molecule has 0 aromatic carbocycles. The molecule has 0 saturated heterocycles. The zero-order chi connectivity index (χ0) is 17.3. The number of carbonyl (C=O) groups is 1. The predicted molar refractivity (Wildman–Crippen MR) is 91.9 cm³/mol. The second-order valence-electron chi connectivity index (χ2n) is 7.16. The molecule has 130 valence electrons. The van der Waals surface area contributed by atoms with E-state index in [0.29, 0.717) is 11.5 Å². The summed E-state index contributed by atoms with van der Waals surface area (Å²) in [6.45, 7) is 7.31. The summed E-state index contributed by atoms with van der Waals surface area (Å²) in [4.78, 5) is 23.1. The minimum Gasteiger partial charge on any atom is -0.378 e. The molecule has 0 unspecified atom stereocenters. The molecule has 0 radical (unpaired) electrons. The average molecular weight is 330 g/mol. The molecule has 2 atom stereocenters. The number of unbranched alkanes of at least 4 members (excludes halogenated alkanes) is 1. The SMILES string of the molecule is CCCCO[C@@H]1C[C@H](N(C)C(=O)c2cn3cccnc3n2)C1(C)C. The van der Waals surface area contributed by atoms with Crippen molar-refractivity contribution >= 4 is 11.7 Å². The van der Waals surface area contributed by atoms with Crippen molar-refractivity contribution in [3.63, 3.8) is 0 Å². The van der Waals surface area contributed by atoms with E-state index >= 15 is 0 Å². The zero-order valence-corrected chi connectivity index (χ0v) is 14.9. The second-order valence-corrected chi connectivity index (χ2v) is 7.16. The molecule has 0 spiro atoms. The van der Waals surface area contributed by atoms with Gasteiger partial charge in [0.1, 0.15) is 5.69 Å². The van der Waals surface area contributed by atoms with Crippen molar-refractivity contribution in [1.29, 1.82) is 0 Å². The third kappa shape index (κ3) is 2.90. The van der Waals surface area contributed by atoms with Gasteiger partial charge in [-0.25, -0.2) is 9.97 Å². The van der Waals surface area contributed by atoms with Crippen LogP contribution in [0.25, 0.3) is 5.78 Å². The van der Waals surface area contributed by atoms with Crippen molar-refractivity contribution < 1.29 is 9.53 Å². The Morgan fingerprint density at radius 2 is 2.29 bits per heavy atom. The molecule has 0 bridgehead atoms. The maximum atomic E-state index is 12.8. The van der Waals surface area contributed by atoms with Crippen molar-refractivity contribution in [2.45, 2.75) is 52.2 Å². The number of hydrogen-bond acceptors (Lipinski definition) is 4. The molecule has 3 rings (SSSR count). The van der Waals surface area contributed by atoms with Crippen LogP contribution in [0.4, 0.5) is 0 Å². The third-order valence-electron chi connectivity index (χ3n) is 5.19. The van der Waals surface area contributed by atoms with Gasteiger partial charge in [0, 0.05) is 43.7 Å².